The van der Waals surface area contributed by atoms with Gasteiger partial charge in [0.25, 0.3) is 0 Å². The first-order valence-corrected chi connectivity index (χ1v) is 14.0. The van der Waals surface area contributed by atoms with Crippen molar-refractivity contribution in [2.75, 3.05) is 13.1 Å². The SMILES string of the molecule is Cc1c(C2=CCN(S(=O)(=O)c3ccc(C(C)(C)C)cc3)CC2)c2ccccc2n1Cc1ccccc1. The summed E-state index contributed by atoms with van der Waals surface area (Å²) in [7, 11) is -3.53. The van der Waals surface area contributed by atoms with Gasteiger partial charge in [-0.2, -0.15) is 4.31 Å². The van der Waals surface area contributed by atoms with Crippen molar-refractivity contribution in [1.82, 2.24) is 8.87 Å². The van der Waals surface area contributed by atoms with Gasteiger partial charge in [0.15, 0.2) is 0 Å². The third-order valence-corrected chi connectivity index (χ3v) is 9.14. The summed E-state index contributed by atoms with van der Waals surface area (Å²) >= 11 is 0. The molecule has 5 rings (SSSR count). The highest BCUT2D eigenvalue weighted by atomic mass is 32.2. The van der Waals surface area contributed by atoms with Crippen molar-refractivity contribution in [3.63, 3.8) is 0 Å². The van der Waals surface area contributed by atoms with Gasteiger partial charge in [0, 0.05) is 41.8 Å². The van der Waals surface area contributed by atoms with Crippen molar-refractivity contribution >= 4 is 26.5 Å². The minimum absolute atomic E-state index is 0.0113. The Morgan fingerprint density at radius 3 is 2.17 bits per heavy atom. The van der Waals surface area contributed by atoms with Gasteiger partial charge in [-0.1, -0.05) is 87.5 Å². The fraction of sp³-hybridized carbons (Fsp3) is 0.290. The van der Waals surface area contributed by atoms with Gasteiger partial charge in [-0.05, 0) is 53.7 Å². The van der Waals surface area contributed by atoms with Crippen LogP contribution in [0.2, 0.25) is 0 Å². The fourth-order valence-electron chi connectivity index (χ4n) is 5.18. The quantitative estimate of drug-likeness (QED) is 0.305. The van der Waals surface area contributed by atoms with Gasteiger partial charge in [-0.3, -0.25) is 0 Å². The van der Waals surface area contributed by atoms with Crippen LogP contribution in [0, 0.1) is 6.92 Å². The van der Waals surface area contributed by atoms with Crippen LogP contribution in [0.4, 0.5) is 0 Å². The molecule has 5 heteroatoms. The highest BCUT2D eigenvalue weighted by Crippen LogP contribution is 2.36. The largest absolute Gasteiger partial charge is 0.340 e. The van der Waals surface area contributed by atoms with Crippen LogP contribution in [0.25, 0.3) is 16.5 Å². The maximum atomic E-state index is 13.4. The molecule has 0 bridgehead atoms. The van der Waals surface area contributed by atoms with Crippen molar-refractivity contribution in [2.45, 2.75) is 51.0 Å². The third-order valence-electron chi connectivity index (χ3n) is 7.27. The minimum atomic E-state index is -3.53. The molecule has 0 saturated carbocycles. The second-order valence-corrected chi connectivity index (χ2v) is 12.6. The predicted octanol–water partition coefficient (Wildman–Crippen LogP) is 6.77. The monoisotopic (exact) mass is 498 g/mol. The van der Waals surface area contributed by atoms with E-state index in [4.69, 9.17) is 0 Å². The summed E-state index contributed by atoms with van der Waals surface area (Å²) in [6.45, 7) is 10.2. The average Bonchev–Trinajstić information content (AvgIpc) is 3.15. The Hall–Kier alpha value is -3.15. The second kappa shape index (κ2) is 9.38. The summed E-state index contributed by atoms with van der Waals surface area (Å²) in [6, 6.07) is 26.4. The van der Waals surface area contributed by atoms with Gasteiger partial charge in [0.1, 0.15) is 0 Å². The van der Waals surface area contributed by atoms with Gasteiger partial charge in [0.2, 0.25) is 10.0 Å². The van der Waals surface area contributed by atoms with Gasteiger partial charge in [-0.15, -0.1) is 0 Å². The molecule has 3 aromatic carbocycles. The number of benzene rings is 3. The first-order valence-electron chi connectivity index (χ1n) is 12.6. The van der Waals surface area contributed by atoms with Crippen molar-refractivity contribution in [3.05, 3.63) is 107 Å². The molecule has 186 valence electrons. The lowest BCUT2D eigenvalue weighted by Crippen LogP contribution is -2.34. The number of para-hydroxylation sites is 1. The van der Waals surface area contributed by atoms with Crippen LogP contribution in [0.15, 0.2) is 89.8 Å². The number of sulfonamides is 1. The minimum Gasteiger partial charge on any atom is -0.340 e. The summed E-state index contributed by atoms with van der Waals surface area (Å²) in [4.78, 5) is 0.364. The molecule has 1 aromatic heterocycles. The predicted molar refractivity (Wildman–Crippen MR) is 149 cm³/mol. The lowest BCUT2D eigenvalue weighted by Gasteiger charge is -2.27. The summed E-state index contributed by atoms with van der Waals surface area (Å²) in [5.41, 5.74) is 7.29. The summed E-state index contributed by atoms with van der Waals surface area (Å²) in [6.07, 6.45) is 2.80. The zero-order valence-electron chi connectivity index (χ0n) is 21.5. The highest BCUT2D eigenvalue weighted by molar-refractivity contribution is 7.89. The smallest absolute Gasteiger partial charge is 0.243 e. The molecule has 0 atom stereocenters. The summed E-state index contributed by atoms with van der Waals surface area (Å²) in [5, 5.41) is 1.23. The molecule has 0 fully saturated rings. The molecular weight excluding hydrogens is 464 g/mol. The Labute approximate surface area is 214 Å². The van der Waals surface area contributed by atoms with Crippen LogP contribution in [0.1, 0.15) is 49.6 Å². The molecule has 0 unspecified atom stereocenters. The molecule has 0 radical (unpaired) electrons. The number of nitrogens with zero attached hydrogens (tertiary/aromatic N) is 2. The van der Waals surface area contributed by atoms with Crippen LogP contribution in [0.5, 0.6) is 0 Å². The number of aromatic nitrogens is 1. The molecule has 1 aliphatic rings. The number of rotatable bonds is 5. The number of fused-ring (bicyclic) bond motifs is 1. The zero-order chi connectivity index (χ0) is 25.5. The van der Waals surface area contributed by atoms with E-state index < -0.39 is 10.0 Å². The second-order valence-electron chi connectivity index (χ2n) is 10.7. The molecule has 4 aromatic rings. The lowest BCUT2D eigenvalue weighted by molar-refractivity contribution is 0.441. The van der Waals surface area contributed by atoms with E-state index in [9.17, 15) is 8.42 Å². The first kappa shape index (κ1) is 24.5. The molecule has 0 N–H and O–H groups in total. The van der Waals surface area contributed by atoms with Crippen molar-refractivity contribution in [1.29, 1.82) is 0 Å². The topological polar surface area (TPSA) is 42.3 Å². The Morgan fingerprint density at radius 2 is 1.53 bits per heavy atom. The van der Waals surface area contributed by atoms with E-state index in [0.29, 0.717) is 24.4 Å². The Balaban J connectivity index is 1.44. The third kappa shape index (κ3) is 4.54. The Kier molecular flexibility index (Phi) is 6.39. The first-order chi connectivity index (χ1) is 17.2. The molecule has 4 nitrogen and oxygen atoms in total. The number of hydrogen-bond donors (Lipinski definition) is 0. The van der Waals surface area contributed by atoms with Crippen LogP contribution in [0.3, 0.4) is 0 Å². The highest BCUT2D eigenvalue weighted by Gasteiger charge is 2.28. The van der Waals surface area contributed by atoms with Gasteiger partial charge in [0.05, 0.1) is 4.90 Å². The average molecular weight is 499 g/mol. The van der Waals surface area contributed by atoms with Crippen LogP contribution < -0.4 is 0 Å². The van der Waals surface area contributed by atoms with Gasteiger partial charge >= 0.3 is 0 Å². The van der Waals surface area contributed by atoms with Crippen LogP contribution in [-0.2, 0) is 22.0 Å². The van der Waals surface area contributed by atoms with Crippen molar-refractivity contribution in [2.24, 2.45) is 0 Å². The van der Waals surface area contributed by atoms with Crippen molar-refractivity contribution < 1.29 is 8.42 Å². The standard InChI is InChI=1S/C31H34N2O2S/c1-23-30(28-12-8-9-13-29(28)33(23)22-24-10-6-5-7-11-24)25-18-20-32(21-19-25)36(34,35)27-16-14-26(15-17-27)31(2,3)4/h5-18H,19-22H2,1-4H3. The normalized spacial score (nSPS) is 15.3. The van der Waals surface area contributed by atoms with E-state index in [0.717, 1.165) is 12.1 Å². The molecule has 0 amide bonds. The molecule has 2 heterocycles. The lowest BCUT2D eigenvalue weighted by atomic mass is 9.87. The van der Waals surface area contributed by atoms with E-state index in [-0.39, 0.29) is 5.41 Å². The molecular formula is C31H34N2O2S. The zero-order valence-corrected chi connectivity index (χ0v) is 22.3. The Morgan fingerprint density at radius 1 is 0.861 bits per heavy atom. The maximum Gasteiger partial charge on any atom is 0.243 e. The Bertz CT molecular complexity index is 1520. The van der Waals surface area contributed by atoms with Gasteiger partial charge in [-0.25, -0.2) is 8.42 Å². The van der Waals surface area contributed by atoms with E-state index >= 15 is 0 Å². The van der Waals surface area contributed by atoms with Crippen LogP contribution in [-0.4, -0.2) is 30.4 Å². The summed E-state index contributed by atoms with van der Waals surface area (Å²) in [5.74, 6) is 0. The maximum absolute atomic E-state index is 13.4. The fourth-order valence-corrected chi connectivity index (χ4v) is 6.56. The molecule has 0 aliphatic carbocycles. The van der Waals surface area contributed by atoms with Gasteiger partial charge < -0.3 is 4.57 Å². The number of hydrogen-bond acceptors (Lipinski definition) is 2. The van der Waals surface area contributed by atoms with E-state index in [1.807, 2.05) is 18.2 Å². The van der Waals surface area contributed by atoms with E-state index in [1.54, 1.807) is 16.4 Å². The van der Waals surface area contributed by atoms with E-state index in [2.05, 4.69) is 86.9 Å². The molecule has 36 heavy (non-hydrogen) atoms. The van der Waals surface area contributed by atoms with E-state index in [1.165, 1.54) is 33.3 Å². The molecule has 1 aliphatic heterocycles. The summed E-state index contributed by atoms with van der Waals surface area (Å²) < 4.78 is 30.7. The molecule has 0 saturated heterocycles. The van der Waals surface area contributed by atoms with Crippen LogP contribution >= 0.6 is 0 Å². The van der Waals surface area contributed by atoms with Crippen molar-refractivity contribution in [3.8, 4) is 0 Å². The molecule has 0 spiro atoms.